The molecular formula is C11H8ClN3O4. The SMILES string of the molecule is O=C(O)Cn1cc(-c2ccc(Cl)c([N+](=O)[O-])c2)cn1. The van der Waals surface area contributed by atoms with Crippen LogP contribution in [0.1, 0.15) is 0 Å². The maximum absolute atomic E-state index is 10.8. The monoisotopic (exact) mass is 281 g/mol. The number of hydrogen-bond donors (Lipinski definition) is 1. The Balaban J connectivity index is 2.36. The van der Waals surface area contributed by atoms with Crippen molar-refractivity contribution < 1.29 is 14.8 Å². The summed E-state index contributed by atoms with van der Waals surface area (Å²) < 4.78 is 1.23. The standard InChI is InChI=1S/C11H8ClN3O4/c12-9-2-1-7(3-10(9)15(18)19)8-4-13-14(5-8)6-11(16)17/h1-5H,6H2,(H,16,17). The van der Waals surface area contributed by atoms with Crippen molar-refractivity contribution in [2.75, 3.05) is 0 Å². The van der Waals surface area contributed by atoms with E-state index in [4.69, 9.17) is 16.7 Å². The maximum Gasteiger partial charge on any atom is 0.325 e. The van der Waals surface area contributed by atoms with Crippen LogP contribution in [0.5, 0.6) is 0 Å². The van der Waals surface area contributed by atoms with Gasteiger partial charge in [-0.2, -0.15) is 5.10 Å². The third-order valence-electron chi connectivity index (χ3n) is 2.41. The Morgan fingerprint density at radius 3 is 2.84 bits per heavy atom. The van der Waals surface area contributed by atoms with Crippen molar-refractivity contribution >= 4 is 23.3 Å². The molecule has 0 radical (unpaired) electrons. The molecule has 0 saturated carbocycles. The average molecular weight is 282 g/mol. The molecular weight excluding hydrogens is 274 g/mol. The van der Waals surface area contributed by atoms with Crippen LogP contribution in [0.15, 0.2) is 30.6 Å². The van der Waals surface area contributed by atoms with Gasteiger partial charge < -0.3 is 5.11 Å². The Labute approximate surface area is 112 Å². The lowest BCUT2D eigenvalue weighted by molar-refractivity contribution is -0.384. The molecule has 2 aromatic rings. The fourth-order valence-electron chi connectivity index (χ4n) is 1.57. The van der Waals surface area contributed by atoms with E-state index in [1.54, 1.807) is 6.07 Å². The first-order valence-corrected chi connectivity index (χ1v) is 5.53. The summed E-state index contributed by atoms with van der Waals surface area (Å²) in [5, 5.41) is 23.3. The van der Waals surface area contributed by atoms with Gasteiger partial charge >= 0.3 is 5.97 Å². The molecule has 19 heavy (non-hydrogen) atoms. The van der Waals surface area contributed by atoms with E-state index >= 15 is 0 Å². The first kappa shape index (κ1) is 13.0. The van der Waals surface area contributed by atoms with Crippen LogP contribution in [-0.2, 0) is 11.3 Å². The molecule has 0 atom stereocenters. The second kappa shape index (κ2) is 5.07. The number of carbonyl (C=O) groups is 1. The quantitative estimate of drug-likeness (QED) is 0.684. The Kier molecular flexibility index (Phi) is 3.48. The molecule has 98 valence electrons. The maximum atomic E-state index is 10.8. The summed E-state index contributed by atoms with van der Waals surface area (Å²) in [6, 6.07) is 4.35. The predicted octanol–water partition coefficient (Wildman–Crippen LogP) is 2.20. The minimum absolute atomic E-state index is 0.0478. The van der Waals surface area contributed by atoms with Crippen LogP contribution in [0.2, 0.25) is 5.02 Å². The summed E-state index contributed by atoms with van der Waals surface area (Å²) in [6.07, 6.45) is 2.94. The summed E-state index contributed by atoms with van der Waals surface area (Å²) in [5.74, 6) is -1.02. The average Bonchev–Trinajstić information content (AvgIpc) is 2.76. The highest BCUT2D eigenvalue weighted by atomic mass is 35.5. The number of halogens is 1. The van der Waals surface area contributed by atoms with Gasteiger partial charge in [0.1, 0.15) is 11.6 Å². The minimum Gasteiger partial charge on any atom is -0.480 e. The van der Waals surface area contributed by atoms with E-state index in [1.165, 1.54) is 29.2 Å². The number of hydrogen-bond acceptors (Lipinski definition) is 4. The summed E-state index contributed by atoms with van der Waals surface area (Å²) in [6.45, 7) is -0.268. The normalized spacial score (nSPS) is 10.4. The van der Waals surface area contributed by atoms with Gasteiger partial charge in [0.2, 0.25) is 0 Å². The minimum atomic E-state index is -1.02. The number of benzene rings is 1. The van der Waals surface area contributed by atoms with Crippen LogP contribution in [0.4, 0.5) is 5.69 Å². The van der Waals surface area contributed by atoms with Crippen molar-refractivity contribution in [2.45, 2.75) is 6.54 Å². The van der Waals surface area contributed by atoms with E-state index in [0.717, 1.165) is 0 Å². The zero-order valence-corrected chi connectivity index (χ0v) is 10.2. The Hall–Kier alpha value is -2.41. The number of nitro groups is 1. The van der Waals surface area contributed by atoms with Crippen LogP contribution >= 0.6 is 11.6 Å². The molecule has 0 fully saturated rings. The zero-order chi connectivity index (χ0) is 14.0. The smallest absolute Gasteiger partial charge is 0.325 e. The molecule has 2 rings (SSSR count). The lowest BCUT2D eigenvalue weighted by Crippen LogP contribution is -2.08. The fraction of sp³-hybridized carbons (Fsp3) is 0.0909. The Bertz CT molecular complexity index is 653. The van der Waals surface area contributed by atoms with E-state index in [2.05, 4.69) is 5.10 Å². The van der Waals surface area contributed by atoms with Crippen molar-refractivity contribution in [3.63, 3.8) is 0 Å². The highest BCUT2D eigenvalue weighted by molar-refractivity contribution is 6.32. The third kappa shape index (κ3) is 2.89. The van der Waals surface area contributed by atoms with Crippen LogP contribution < -0.4 is 0 Å². The largest absolute Gasteiger partial charge is 0.480 e. The fourth-order valence-corrected chi connectivity index (χ4v) is 1.76. The predicted molar refractivity (Wildman–Crippen MR) is 67.0 cm³/mol. The van der Waals surface area contributed by atoms with Gasteiger partial charge in [0.25, 0.3) is 5.69 Å². The number of aliphatic carboxylic acids is 1. The van der Waals surface area contributed by atoms with Gasteiger partial charge in [-0.15, -0.1) is 0 Å². The van der Waals surface area contributed by atoms with Crippen LogP contribution in [0.25, 0.3) is 11.1 Å². The summed E-state index contributed by atoms with van der Waals surface area (Å²) >= 11 is 5.71. The lowest BCUT2D eigenvalue weighted by Gasteiger charge is -1.99. The molecule has 0 aliphatic rings. The van der Waals surface area contributed by atoms with E-state index in [9.17, 15) is 14.9 Å². The van der Waals surface area contributed by atoms with Crippen LogP contribution in [0.3, 0.4) is 0 Å². The molecule has 7 nitrogen and oxygen atoms in total. The molecule has 1 N–H and O–H groups in total. The summed E-state index contributed by atoms with van der Waals surface area (Å²) in [4.78, 5) is 20.7. The number of rotatable bonds is 4. The van der Waals surface area contributed by atoms with Crippen molar-refractivity contribution in [3.8, 4) is 11.1 Å². The van der Waals surface area contributed by atoms with E-state index in [0.29, 0.717) is 11.1 Å². The van der Waals surface area contributed by atoms with E-state index in [1.807, 2.05) is 0 Å². The number of nitro benzene ring substituents is 1. The molecule has 0 bridgehead atoms. The van der Waals surface area contributed by atoms with Gasteiger partial charge in [-0.3, -0.25) is 19.6 Å². The van der Waals surface area contributed by atoms with Gasteiger partial charge in [0, 0.05) is 17.8 Å². The third-order valence-corrected chi connectivity index (χ3v) is 2.73. The summed E-state index contributed by atoms with van der Waals surface area (Å²) in [7, 11) is 0. The van der Waals surface area contributed by atoms with Crippen molar-refractivity contribution in [2.24, 2.45) is 0 Å². The molecule has 8 heteroatoms. The van der Waals surface area contributed by atoms with Gasteiger partial charge in [-0.05, 0) is 11.6 Å². The second-order valence-electron chi connectivity index (χ2n) is 3.74. The van der Waals surface area contributed by atoms with Crippen molar-refractivity contribution in [1.82, 2.24) is 9.78 Å². The Morgan fingerprint density at radius 2 is 2.21 bits per heavy atom. The molecule has 0 saturated heterocycles. The summed E-state index contributed by atoms with van der Waals surface area (Å²) in [5.41, 5.74) is 0.930. The molecule has 0 amide bonds. The molecule has 0 aliphatic heterocycles. The van der Waals surface area contributed by atoms with Gasteiger partial charge in [0.15, 0.2) is 0 Å². The first-order valence-electron chi connectivity index (χ1n) is 5.16. The molecule has 1 aromatic heterocycles. The van der Waals surface area contributed by atoms with E-state index in [-0.39, 0.29) is 17.3 Å². The zero-order valence-electron chi connectivity index (χ0n) is 9.49. The Morgan fingerprint density at radius 1 is 1.47 bits per heavy atom. The lowest BCUT2D eigenvalue weighted by atomic mass is 10.1. The molecule has 1 aromatic carbocycles. The topological polar surface area (TPSA) is 98.3 Å². The highest BCUT2D eigenvalue weighted by Gasteiger charge is 2.14. The van der Waals surface area contributed by atoms with Crippen LogP contribution in [-0.4, -0.2) is 25.8 Å². The van der Waals surface area contributed by atoms with Crippen molar-refractivity contribution in [3.05, 3.63) is 45.7 Å². The van der Waals surface area contributed by atoms with Gasteiger partial charge in [-0.1, -0.05) is 17.7 Å². The van der Waals surface area contributed by atoms with Gasteiger partial charge in [0.05, 0.1) is 11.1 Å². The molecule has 0 aliphatic carbocycles. The molecule has 1 heterocycles. The van der Waals surface area contributed by atoms with Crippen molar-refractivity contribution in [1.29, 1.82) is 0 Å². The van der Waals surface area contributed by atoms with Gasteiger partial charge in [-0.25, -0.2) is 0 Å². The number of nitrogens with zero attached hydrogens (tertiary/aromatic N) is 3. The highest BCUT2D eigenvalue weighted by Crippen LogP contribution is 2.29. The number of carboxylic acid groups (broad SMARTS) is 1. The first-order chi connectivity index (χ1) is 8.97. The second-order valence-corrected chi connectivity index (χ2v) is 4.15. The number of aromatic nitrogens is 2. The number of carboxylic acids is 1. The van der Waals surface area contributed by atoms with Crippen LogP contribution in [0, 0.1) is 10.1 Å². The van der Waals surface area contributed by atoms with E-state index < -0.39 is 10.9 Å². The molecule has 0 spiro atoms. The molecule has 0 unspecified atom stereocenters.